The molecule has 0 unspecified atom stereocenters. The molecule has 0 aliphatic heterocycles. The van der Waals surface area contributed by atoms with Crippen molar-refractivity contribution in [3.63, 3.8) is 0 Å². The normalized spacial score (nSPS) is 11.8. The number of halogens is 1. The van der Waals surface area contributed by atoms with Crippen LogP contribution in [0, 0.1) is 13.8 Å². The van der Waals surface area contributed by atoms with Crippen molar-refractivity contribution >= 4 is 27.3 Å². The molecule has 0 amide bonds. The van der Waals surface area contributed by atoms with Crippen LogP contribution in [-0.4, -0.2) is 13.4 Å². The van der Waals surface area contributed by atoms with E-state index in [-0.39, 0.29) is 17.3 Å². The average Bonchev–Trinajstić information content (AvgIpc) is 2.79. The predicted octanol–water partition coefficient (Wildman–Crippen LogP) is 2.01. The number of nitrogen functional groups attached to an aromatic ring is 1. The van der Waals surface area contributed by atoms with E-state index >= 15 is 0 Å². The Bertz CT molecular complexity index is 717. The first-order chi connectivity index (χ1) is 9.29. The van der Waals surface area contributed by atoms with Crippen LogP contribution in [0.5, 0.6) is 0 Å². The summed E-state index contributed by atoms with van der Waals surface area (Å²) in [6.45, 7) is 3.41. The first kappa shape index (κ1) is 14.8. The summed E-state index contributed by atoms with van der Waals surface area (Å²) in [6.07, 6.45) is 1.52. The zero-order valence-electron chi connectivity index (χ0n) is 11.0. The van der Waals surface area contributed by atoms with Gasteiger partial charge in [-0.3, -0.25) is 0 Å². The molecule has 2 aromatic rings. The molecule has 2 rings (SSSR count). The highest BCUT2D eigenvalue weighted by molar-refractivity contribution is 7.89. The lowest BCUT2D eigenvalue weighted by Gasteiger charge is -2.09. The Morgan fingerprint density at radius 3 is 2.65 bits per heavy atom. The van der Waals surface area contributed by atoms with Crippen LogP contribution in [0.1, 0.15) is 17.2 Å². The van der Waals surface area contributed by atoms with Crippen molar-refractivity contribution in [3.8, 4) is 0 Å². The second kappa shape index (κ2) is 5.43. The van der Waals surface area contributed by atoms with E-state index in [1.54, 1.807) is 13.8 Å². The van der Waals surface area contributed by atoms with Crippen LogP contribution < -0.4 is 10.5 Å². The third-order valence-electron chi connectivity index (χ3n) is 2.75. The SMILES string of the molecule is Cc1cnc(CNS(=O)(=O)c2cc(N)c(C)c(Cl)c2)o1. The van der Waals surface area contributed by atoms with E-state index in [0.29, 0.717) is 22.0 Å². The maximum atomic E-state index is 12.1. The number of benzene rings is 1. The molecule has 1 heterocycles. The minimum absolute atomic E-state index is 0.00822. The van der Waals surface area contributed by atoms with Gasteiger partial charge in [0, 0.05) is 10.7 Å². The molecule has 6 nitrogen and oxygen atoms in total. The molecular weight excluding hydrogens is 302 g/mol. The summed E-state index contributed by atoms with van der Waals surface area (Å²) in [5.74, 6) is 0.902. The van der Waals surface area contributed by atoms with Gasteiger partial charge in [0.2, 0.25) is 15.9 Å². The number of rotatable bonds is 4. The first-order valence-corrected chi connectivity index (χ1v) is 7.62. The molecule has 0 fully saturated rings. The average molecular weight is 316 g/mol. The highest BCUT2D eigenvalue weighted by atomic mass is 35.5. The van der Waals surface area contributed by atoms with Crippen LogP contribution in [0.3, 0.4) is 0 Å². The lowest BCUT2D eigenvalue weighted by atomic mass is 10.2. The predicted molar refractivity (Wildman–Crippen MR) is 75.9 cm³/mol. The van der Waals surface area contributed by atoms with E-state index in [1.807, 2.05) is 0 Å². The molecule has 0 aliphatic carbocycles. The van der Waals surface area contributed by atoms with Crippen LogP contribution >= 0.6 is 11.6 Å². The van der Waals surface area contributed by atoms with E-state index in [9.17, 15) is 8.42 Å². The van der Waals surface area contributed by atoms with Crippen molar-refractivity contribution in [2.24, 2.45) is 0 Å². The van der Waals surface area contributed by atoms with Crippen molar-refractivity contribution in [2.75, 3.05) is 5.73 Å². The highest BCUT2D eigenvalue weighted by Gasteiger charge is 2.17. The fraction of sp³-hybridized carbons (Fsp3) is 0.250. The number of aromatic nitrogens is 1. The lowest BCUT2D eigenvalue weighted by molar-refractivity contribution is 0.463. The number of nitrogens with one attached hydrogen (secondary N) is 1. The Morgan fingerprint density at radius 1 is 1.40 bits per heavy atom. The summed E-state index contributed by atoms with van der Waals surface area (Å²) < 4.78 is 31.8. The number of hydrogen-bond donors (Lipinski definition) is 2. The van der Waals surface area contributed by atoms with Crippen LogP contribution in [0.4, 0.5) is 5.69 Å². The summed E-state index contributed by atoms with van der Waals surface area (Å²) in [5, 5.41) is 0.303. The molecule has 1 aromatic heterocycles. The number of anilines is 1. The van der Waals surface area contributed by atoms with Crippen LogP contribution in [0.15, 0.2) is 27.6 Å². The molecule has 0 spiro atoms. The number of oxazole rings is 1. The maximum absolute atomic E-state index is 12.1. The van der Waals surface area contributed by atoms with Crippen LogP contribution in [-0.2, 0) is 16.6 Å². The first-order valence-electron chi connectivity index (χ1n) is 5.76. The molecule has 20 heavy (non-hydrogen) atoms. The highest BCUT2D eigenvalue weighted by Crippen LogP contribution is 2.25. The maximum Gasteiger partial charge on any atom is 0.241 e. The van der Waals surface area contributed by atoms with Gasteiger partial charge in [0.1, 0.15) is 5.76 Å². The monoisotopic (exact) mass is 315 g/mol. The number of aryl methyl sites for hydroxylation is 1. The van der Waals surface area contributed by atoms with Gasteiger partial charge in [-0.1, -0.05) is 11.6 Å². The van der Waals surface area contributed by atoms with E-state index in [0.717, 1.165) is 0 Å². The van der Waals surface area contributed by atoms with Gasteiger partial charge in [-0.2, -0.15) is 0 Å². The molecule has 0 bridgehead atoms. The van der Waals surface area contributed by atoms with Gasteiger partial charge in [0.15, 0.2) is 0 Å². The van der Waals surface area contributed by atoms with E-state index < -0.39 is 10.0 Å². The Labute approximate surface area is 122 Å². The molecular formula is C12H14ClN3O3S. The van der Waals surface area contributed by atoms with Crippen molar-refractivity contribution in [3.05, 3.63) is 40.6 Å². The molecule has 0 saturated carbocycles. The fourth-order valence-electron chi connectivity index (χ4n) is 1.55. The number of hydrogen-bond acceptors (Lipinski definition) is 5. The molecule has 0 saturated heterocycles. The summed E-state index contributed by atoms with van der Waals surface area (Å²) in [7, 11) is -3.73. The van der Waals surface area contributed by atoms with Crippen molar-refractivity contribution in [2.45, 2.75) is 25.3 Å². The largest absolute Gasteiger partial charge is 0.445 e. The Balaban J connectivity index is 2.22. The number of nitrogens with zero attached hydrogens (tertiary/aromatic N) is 1. The smallest absolute Gasteiger partial charge is 0.241 e. The Morgan fingerprint density at radius 2 is 2.10 bits per heavy atom. The van der Waals surface area contributed by atoms with Crippen molar-refractivity contribution < 1.29 is 12.8 Å². The zero-order valence-corrected chi connectivity index (χ0v) is 12.5. The summed E-state index contributed by atoms with van der Waals surface area (Å²) in [4.78, 5) is 3.93. The number of nitrogens with two attached hydrogens (primary N) is 1. The Kier molecular flexibility index (Phi) is 4.03. The zero-order chi connectivity index (χ0) is 14.9. The quantitative estimate of drug-likeness (QED) is 0.841. The van der Waals surface area contributed by atoms with E-state index in [4.69, 9.17) is 21.8 Å². The topological polar surface area (TPSA) is 98.2 Å². The van der Waals surface area contributed by atoms with Crippen LogP contribution in [0.25, 0.3) is 0 Å². The summed E-state index contributed by atoms with van der Waals surface area (Å²) in [6, 6.07) is 2.72. The van der Waals surface area contributed by atoms with Gasteiger partial charge >= 0.3 is 0 Å². The molecule has 0 atom stereocenters. The summed E-state index contributed by atoms with van der Waals surface area (Å²) >= 11 is 5.94. The summed E-state index contributed by atoms with van der Waals surface area (Å²) in [5.41, 5.74) is 6.69. The number of sulfonamides is 1. The molecule has 3 N–H and O–H groups in total. The standard InChI is InChI=1S/C12H14ClN3O3S/c1-7-5-15-12(19-7)6-16-20(17,18)9-3-10(13)8(2)11(14)4-9/h3-5,16H,6,14H2,1-2H3. The molecule has 8 heteroatoms. The third kappa shape index (κ3) is 3.12. The molecule has 1 aromatic carbocycles. The Hall–Kier alpha value is -1.57. The lowest BCUT2D eigenvalue weighted by Crippen LogP contribution is -2.23. The van der Waals surface area contributed by atoms with Crippen molar-refractivity contribution in [1.29, 1.82) is 0 Å². The van der Waals surface area contributed by atoms with Gasteiger partial charge in [0.05, 0.1) is 17.6 Å². The molecule has 0 aliphatic rings. The second-order valence-electron chi connectivity index (χ2n) is 4.31. The van der Waals surface area contributed by atoms with Gasteiger partial charge in [-0.15, -0.1) is 0 Å². The van der Waals surface area contributed by atoms with Gasteiger partial charge in [0.25, 0.3) is 0 Å². The molecule has 108 valence electrons. The van der Waals surface area contributed by atoms with Gasteiger partial charge in [-0.05, 0) is 31.5 Å². The van der Waals surface area contributed by atoms with E-state index in [2.05, 4.69) is 9.71 Å². The third-order valence-corrected chi connectivity index (χ3v) is 4.52. The second-order valence-corrected chi connectivity index (χ2v) is 6.48. The minimum Gasteiger partial charge on any atom is -0.445 e. The van der Waals surface area contributed by atoms with E-state index in [1.165, 1.54) is 18.3 Å². The van der Waals surface area contributed by atoms with Crippen molar-refractivity contribution in [1.82, 2.24) is 9.71 Å². The van der Waals surface area contributed by atoms with Gasteiger partial charge in [-0.25, -0.2) is 18.1 Å². The molecule has 0 radical (unpaired) electrons. The fourth-order valence-corrected chi connectivity index (χ4v) is 2.88. The van der Waals surface area contributed by atoms with Gasteiger partial charge < -0.3 is 10.2 Å². The minimum atomic E-state index is -3.73. The van der Waals surface area contributed by atoms with Crippen LogP contribution in [0.2, 0.25) is 5.02 Å².